The topological polar surface area (TPSA) is 116 Å². The van der Waals surface area contributed by atoms with Crippen LogP contribution in [-0.4, -0.2) is 50.8 Å². The average molecular weight is 280 g/mol. The molecule has 1 saturated heterocycles. The lowest BCUT2D eigenvalue weighted by molar-refractivity contribution is -0.141. The SMILES string of the molecule is O=C(O)[C@H]1C[C@@H]2C[C@H](CNc3nn[nH]n3)CC[C@@H]2CN1. The molecule has 0 unspecified atom stereocenters. The fraction of sp³-hybridized carbons (Fsp3) is 0.833. The summed E-state index contributed by atoms with van der Waals surface area (Å²) in [6.45, 7) is 1.67. The summed E-state index contributed by atoms with van der Waals surface area (Å²) in [5, 5.41) is 29.1. The molecule has 2 fully saturated rings. The van der Waals surface area contributed by atoms with Gasteiger partial charge in [0.05, 0.1) is 0 Å². The lowest BCUT2D eigenvalue weighted by Crippen LogP contribution is -2.49. The molecule has 110 valence electrons. The summed E-state index contributed by atoms with van der Waals surface area (Å²) in [4.78, 5) is 11.1. The van der Waals surface area contributed by atoms with Gasteiger partial charge in [0.15, 0.2) is 0 Å². The highest BCUT2D eigenvalue weighted by Crippen LogP contribution is 2.38. The third-order valence-electron chi connectivity index (χ3n) is 4.61. The number of hydrogen-bond acceptors (Lipinski definition) is 6. The molecule has 1 aromatic heterocycles. The molecule has 0 bridgehead atoms. The number of carboxylic acids is 1. The van der Waals surface area contributed by atoms with Gasteiger partial charge in [-0.3, -0.25) is 4.79 Å². The molecule has 2 heterocycles. The number of anilines is 1. The van der Waals surface area contributed by atoms with Crippen molar-refractivity contribution in [2.75, 3.05) is 18.4 Å². The Morgan fingerprint density at radius 2 is 2.25 bits per heavy atom. The van der Waals surface area contributed by atoms with Crippen LogP contribution in [0.4, 0.5) is 5.95 Å². The van der Waals surface area contributed by atoms with Crippen molar-refractivity contribution in [3.05, 3.63) is 0 Å². The second-order valence-electron chi connectivity index (χ2n) is 5.85. The van der Waals surface area contributed by atoms with Gasteiger partial charge < -0.3 is 15.7 Å². The molecule has 0 radical (unpaired) electrons. The predicted molar refractivity (Wildman–Crippen MR) is 71.0 cm³/mol. The Kier molecular flexibility index (Phi) is 3.81. The summed E-state index contributed by atoms with van der Waals surface area (Å²) < 4.78 is 0. The first kappa shape index (κ1) is 13.3. The van der Waals surface area contributed by atoms with Gasteiger partial charge in [0.1, 0.15) is 6.04 Å². The molecule has 1 aliphatic carbocycles. The highest BCUT2D eigenvalue weighted by molar-refractivity contribution is 5.73. The summed E-state index contributed by atoms with van der Waals surface area (Å²) in [6, 6.07) is -0.375. The first-order chi connectivity index (χ1) is 9.72. The van der Waals surface area contributed by atoms with E-state index in [2.05, 4.69) is 31.3 Å². The van der Waals surface area contributed by atoms with Crippen LogP contribution in [-0.2, 0) is 4.79 Å². The number of piperidine rings is 1. The van der Waals surface area contributed by atoms with E-state index >= 15 is 0 Å². The Morgan fingerprint density at radius 3 is 3.00 bits per heavy atom. The summed E-state index contributed by atoms with van der Waals surface area (Å²) in [5.41, 5.74) is 0. The van der Waals surface area contributed by atoms with Crippen LogP contribution in [0.15, 0.2) is 0 Å². The van der Waals surface area contributed by atoms with Crippen LogP contribution in [0.25, 0.3) is 0 Å². The van der Waals surface area contributed by atoms with Crippen molar-refractivity contribution in [3.63, 3.8) is 0 Å². The van der Waals surface area contributed by atoms with Crippen LogP contribution >= 0.6 is 0 Å². The molecule has 8 nitrogen and oxygen atoms in total. The van der Waals surface area contributed by atoms with E-state index in [0.717, 1.165) is 25.9 Å². The van der Waals surface area contributed by atoms with E-state index < -0.39 is 5.97 Å². The molecule has 0 spiro atoms. The smallest absolute Gasteiger partial charge is 0.320 e. The van der Waals surface area contributed by atoms with Crippen LogP contribution in [0.5, 0.6) is 0 Å². The molecule has 1 aliphatic heterocycles. The van der Waals surface area contributed by atoms with Gasteiger partial charge in [0, 0.05) is 6.54 Å². The summed E-state index contributed by atoms with van der Waals surface area (Å²) in [6.07, 6.45) is 4.17. The van der Waals surface area contributed by atoms with E-state index in [4.69, 9.17) is 5.11 Å². The fourth-order valence-corrected chi connectivity index (χ4v) is 3.51. The Morgan fingerprint density at radius 1 is 1.35 bits per heavy atom. The molecule has 3 rings (SSSR count). The predicted octanol–water partition coefficient (Wildman–Crippen LogP) is 0.0906. The standard InChI is InChI=1S/C12H20N6O2/c19-11(20)10-4-9-3-7(1-2-8(9)6-13-10)5-14-12-15-17-18-16-12/h7-10,13H,1-6H2,(H,19,20)(H2,14,15,16,17,18)/t7-,8-,9+,10-/m1/s1. The molecule has 0 aromatic carbocycles. The third-order valence-corrected chi connectivity index (χ3v) is 4.61. The Bertz CT molecular complexity index is 451. The Balaban J connectivity index is 1.52. The van der Waals surface area contributed by atoms with Crippen molar-refractivity contribution in [2.45, 2.75) is 31.7 Å². The molecule has 2 aliphatic rings. The van der Waals surface area contributed by atoms with Crippen molar-refractivity contribution in [2.24, 2.45) is 17.8 Å². The Hall–Kier alpha value is -1.70. The maximum absolute atomic E-state index is 11.1. The van der Waals surface area contributed by atoms with Crippen LogP contribution < -0.4 is 10.6 Å². The monoisotopic (exact) mass is 280 g/mol. The number of rotatable bonds is 4. The van der Waals surface area contributed by atoms with Gasteiger partial charge in [-0.25, -0.2) is 0 Å². The van der Waals surface area contributed by atoms with E-state index in [9.17, 15) is 4.79 Å². The summed E-state index contributed by atoms with van der Waals surface area (Å²) in [7, 11) is 0. The van der Waals surface area contributed by atoms with Crippen LogP contribution in [0.2, 0.25) is 0 Å². The van der Waals surface area contributed by atoms with Crippen molar-refractivity contribution in [1.29, 1.82) is 0 Å². The maximum atomic E-state index is 11.1. The number of H-pyrrole nitrogens is 1. The minimum absolute atomic E-state index is 0.375. The zero-order valence-corrected chi connectivity index (χ0v) is 11.2. The lowest BCUT2D eigenvalue weighted by atomic mass is 9.69. The minimum atomic E-state index is -0.726. The van der Waals surface area contributed by atoms with E-state index in [1.807, 2.05) is 0 Å². The molecule has 1 saturated carbocycles. The first-order valence-electron chi connectivity index (χ1n) is 7.16. The number of aliphatic carboxylic acids is 1. The second kappa shape index (κ2) is 5.74. The normalized spacial score (nSPS) is 33.4. The number of aromatic nitrogens is 4. The number of nitrogens with one attached hydrogen (secondary N) is 3. The number of hydrogen-bond donors (Lipinski definition) is 4. The van der Waals surface area contributed by atoms with Crippen LogP contribution in [0, 0.1) is 17.8 Å². The van der Waals surface area contributed by atoms with Crippen molar-refractivity contribution >= 4 is 11.9 Å². The zero-order valence-electron chi connectivity index (χ0n) is 11.2. The molecule has 4 atom stereocenters. The lowest BCUT2D eigenvalue weighted by Gasteiger charge is -2.41. The number of nitrogens with zero attached hydrogens (tertiary/aromatic N) is 3. The van der Waals surface area contributed by atoms with Crippen LogP contribution in [0.1, 0.15) is 25.7 Å². The molecular weight excluding hydrogens is 260 g/mol. The number of carboxylic acid groups (broad SMARTS) is 1. The van der Waals surface area contributed by atoms with Gasteiger partial charge in [0.25, 0.3) is 5.95 Å². The fourth-order valence-electron chi connectivity index (χ4n) is 3.51. The zero-order chi connectivity index (χ0) is 13.9. The number of tetrazole rings is 1. The van der Waals surface area contributed by atoms with Gasteiger partial charge in [-0.15, -0.1) is 5.10 Å². The van der Waals surface area contributed by atoms with E-state index in [1.54, 1.807) is 0 Å². The summed E-state index contributed by atoms with van der Waals surface area (Å²) >= 11 is 0. The van der Waals surface area contributed by atoms with Gasteiger partial charge in [-0.1, -0.05) is 5.10 Å². The molecule has 4 N–H and O–H groups in total. The molecule has 0 amide bonds. The van der Waals surface area contributed by atoms with Crippen molar-refractivity contribution in [1.82, 2.24) is 25.9 Å². The third kappa shape index (κ3) is 2.90. The largest absolute Gasteiger partial charge is 0.480 e. The van der Waals surface area contributed by atoms with Crippen LogP contribution in [0.3, 0.4) is 0 Å². The highest BCUT2D eigenvalue weighted by Gasteiger charge is 2.37. The van der Waals surface area contributed by atoms with E-state index in [-0.39, 0.29) is 6.04 Å². The highest BCUT2D eigenvalue weighted by atomic mass is 16.4. The minimum Gasteiger partial charge on any atom is -0.480 e. The quantitative estimate of drug-likeness (QED) is 0.617. The molecular formula is C12H20N6O2. The second-order valence-corrected chi connectivity index (χ2v) is 5.85. The van der Waals surface area contributed by atoms with Gasteiger partial charge >= 0.3 is 5.97 Å². The van der Waals surface area contributed by atoms with Gasteiger partial charge in [0.2, 0.25) is 0 Å². The number of fused-ring (bicyclic) bond motifs is 1. The number of carbonyl (C=O) groups is 1. The van der Waals surface area contributed by atoms with Gasteiger partial charge in [-0.2, -0.15) is 5.21 Å². The summed E-state index contributed by atoms with van der Waals surface area (Å²) in [5.74, 6) is 1.51. The maximum Gasteiger partial charge on any atom is 0.320 e. The van der Waals surface area contributed by atoms with Crippen molar-refractivity contribution < 1.29 is 9.90 Å². The van der Waals surface area contributed by atoms with Crippen molar-refractivity contribution in [3.8, 4) is 0 Å². The first-order valence-corrected chi connectivity index (χ1v) is 7.16. The molecule has 20 heavy (non-hydrogen) atoms. The average Bonchev–Trinajstić information content (AvgIpc) is 2.97. The number of aromatic amines is 1. The van der Waals surface area contributed by atoms with E-state index in [1.165, 1.54) is 12.8 Å². The Labute approximate surface area is 116 Å². The molecule has 8 heteroatoms. The van der Waals surface area contributed by atoms with Gasteiger partial charge in [-0.05, 0) is 55.2 Å². The van der Waals surface area contributed by atoms with E-state index in [0.29, 0.717) is 23.7 Å². The molecule has 1 aromatic rings.